The van der Waals surface area contributed by atoms with Gasteiger partial charge in [0.2, 0.25) is 0 Å². The number of hydrogen-bond acceptors (Lipinski definition) is 3. The molecule has 3 nitrogen and oxygen atoms in total. The topological polar surface area (TPSA) is 37.4 Å². The van der Waals surface area contributed by atoms with E-state index in [1.807, 2.05) is 71.8 Å². The second-order valence-electron chi connectivity index (χ2n) is 5.85. The number of ketones is 2. The second-order valence-corrected chi connectivity index (χ2v) is 5.85. The maximum Gasteiger partial charge on any atom is 0.165 e. The zero-order chi connectivity index (χ0) is 17.1. The van der Waals surface area contributed by atoms with Crippen molar-refractivity contribution in [2.45, 2.75) is 20.4 Å². The van der Waals surface area contributed by atoms with E-state index in [1.165, 1.54) is 13.8 Å². The molecule has 0 radical (unpaired) electrons. The normalized spacial score (nSPS) is 12.8. The molecule has 120 valence electrons. The van der Waals surface area contributed by atoms with Crippen LogP contribution in [0.25, 0.3) is 11.8 Å². The van der Waals surface area contributed by atoms with Gasteiger partial charge in [-0.1, -0.05) is 54.6 Å². The first-order chi connectivity index (χ1) is 11.6. The van der Waals surface area contributed by atoms with Crippen LogP contribution in [0.4, 0.5) is 0 Å². The van der Waals surface area contributed by atoms with Crippen molar-refractivity contribution < 1.29 is 9.59 Å². The van der Waals surface area contributed by atoms with E-state index in [1.54, 1.807) is 0 Å². The Morgan fingerprint density at radius 1 is 0.875 bits per heavy atom. The lowest BCUT2D eigenvalue weighted by atomic mass is 9.93. The summed E-state index contributed by atoms with van der Waals surface area (Å²) in [6.45, 7) is 3.50. The molecule has 0 atom stereocenters. The van der Waals surface area contributed by atoms with Crippen molar-refractivity contribution in [1.82, 2.24) is 4.90 Å². The minimum absolute atomic E-state index is 0.208. The molecule has 0 aliphatic carbocycles. The summed E-state index contributed by atoms with van der Waals surface area (Å²) in [5, 5.41) is 0. The van der Waals surface area contributed by atoms with E-state index >= 15 is 0 Å². The molecule has 3 heteroatoms. The van der Waals surface area contributed by atoms with Crippen LogP contribution in [0.2, 0.25) is 0 Å². The Labute approximate surface area is 141 Å². The van der Waals surface area contributed by atoms with E-state index in [4.69, 9.17) is 0 Å². The molecular weight excluding hydrogens is 298 g/mol. The third-order valence-corrected chi connectivity index (χ3v) is 4.07. The van der Waals surface area contributed by atoms with Crippen LogP contribution < -0.4 is 0 Å². The molecule has 0 aromatic heterocycles. The van der Waals surface area contributed by atoms with Crippen LogP contribution in [0.1, 0.15) is 30.5 Å². The predicted molar refractivity (Wildman–Crippen MR) is 95.7 cm³/mol. The minimum atomic E-state index is -0.208. The smallest absolute Gasteiger partial charge is 0.165 e. The van der Waals surface area contributed by atoms with Gasteiger partial charge in [0.05, 0.1) is 11.3 Å². The first-order valence-corrected chi connectivity index (χ1v) is 7.92. The fraction of sp³-hybridized carbons (Fsp3) is 0.143. The molecule has 0 fully saturated rings. The summed E-state index contributed by atoms with van der Waals surface area (Å²) in [7, 11) is 0. The summed E-state index contributed by atoms with van der Waals surface area (Å²) in [4.78, 5) is 26.3. The largest absolute Gasteiger partial charge is 0.342 e. The van der Waals surface area contributed by atoms with Crippen molar-refractivity contribution in [3.63, 3.8) is 0 Å². The number of carbonyl (C=O) groups excluding carboxylic acids is 2. The highest BCUT2D eigenvalue weighted by Crippen LogP contribution is 2.33. The number of Topliss-reactive ketones (excluding diaryl/α,β-unsaturated/α-hetero) is 2. The molecule has 0 bridgehead atoms. The first kappa shape index (κ1) is 15.9. The minimum Gasteiger partial charge on any atom is -0.342 e. The van der Waals surface area contributed by atoms with Gasteiger partial charge < -0.3 is 4.90 Å². The Kier molecular flexibility index (Phi) is 4.43. The van der Waals surface area contributed by atoms with E-state index in [-0.39, 0.29) is 17.1 Å². The van der Waals surface area contributed by atoms with E-state index in [9.17, 15) is 9.59 Å². The van der Waals surface area contributed by atoms with Gasteiger partial charge in [0, 0.05) is 18.3 Å². The standard InChI is InChI=1S/C21H19NO2/c1-15(23)20(16(2)24)21-19-11-7-6-10-18(19)12-13-22(21)14-17-8-4-3-5-9-17/h3-13H,14H2,1-2H3. The fourth-order valence-corrected chi connectivity index (χ4v) is 3.03. The van der Waals surface area contributed by atoms with Crippen molar-refractivity contribution in [2.24, 2.45) is 0 Å². The van der Waals surface area contributed by atoms with E-state index in [2.05, 4.69) is 0 Å². The Morgan fingerprint density at radius 2 is 1.50 bits per heavy atom. The van der Waals surface area contributed by atoms with Crippen LogP contribution in [-0.2, 0) is 16.1 Å². The van der Waals surface area contributed by atoms with Gasteiger partial charge in [0.15, 0.2) is 11.6 Å². The molecule has 0 saturated heterocycles. The Hall–Kier alpha value is -2.94. The van der Waals surface area contributed by atoms with Crippen LogP contribution in [0, 0.1) is 0 Å². The first-order valence-electron chi connectivity index (χ1n) is 7.92. The van der Waals surface area contributed by atoms with E-state index in [0.29, 0.717) is 12.2 Å². The van der Waals surface area contributed by atoms with Crippen LogP contribution >= 0.6 is 0 Å². The van der Waals surface area contributed by atoms with Gasteiger partial charge in [-0.2, -0.15) is 0 Å². The Morgan fingerprint density at radius 3 is 2.17 bits per heavy atom. The van der Waals surface area contributed by atoms with Crippen LogP contribution in [0.15, 0.2) is 66.4 Å². The Bertz CT molecular complexity index is 831. The van der Waals surface area contributed by atoms with Gasteiger partial charge in [-0.15, -0.1) is 0 Å². The molecule has 0 unspecified atom stereocenters. The molecule has 0 N–H and O–H groups in total. The van der Waals surface area contributed by atoms with E-state index in [0.717, 1.165) is 16.7 Å². The molecule has 1 aliphatic heterocycles. The number of allylic oxidation sites excluding steroid dienone is 1. The van der Waals surface area contributed by atoms with Gasteiger partial charge in [0.1, 0.15) is 0 Å². The summed E-state index contributed by atoms with van der Waals surface area (Å²) in [6.07, 6.45) is 3.95. The SMILES string of the molecule is CC(=O)C(C(C)=O)=C1c2ccccc2C=CN1Cc1ccccc1. The zero-order valence-corrected chi connectivity index (χ0v) is 13.8. The second kappa shape index (κ2) is 6.67. The number of nitrogens with zero attached hydrogens (tertiary/aromatic N) is 1. The van der Waals surface area contributed by atoms with Gasteiger partial charge in [-0.05, 0) is 31.1 Å². The highest BCUT2D eigenvalue weighted by Gasteiger charge is 2.25. The summed E-state index contributed by atoms with van der Waals surface area (Å²) < 4.78 is 0. The number of carbonyl (C=O) groups is 2. The monoisotopic (exact) mass is 317 g/mol. The van der Waals surface area contributed by atoms with Crippen molar-refractivity contribution in [3.05, 3.63) is 83.1 Å². The zero-order valence-electron chi connectivity index (χ0n) is 13.8. The number of hydrogen-bond donors (Lipinski definition) is 0. The maximum absolute atomic E-state index is 12.2. The molecule has 0 saturated carbocycles. The molecule has 3 rings (SSSR count). The summed E-state index contributed by atoms with van der Waals surface area (Å²) in [5.41, 5.74) is 3.98. The molecule has 1 heterocycles. The predicted octanol–water partition coefficient (Wildman–Crippen LogP) is 4.06. The van der Waals surface area contributed by atoms with Gasteiger partial charge in [-0.3, -0.25) is 9.59 Å². The van der Waals surface area contributed by atoms with Crippen molar-refractivity contribution in [3.8, 4) is 0 Å². The highest BCUT2D eigenvalue weighted by atomic mass is 16.1. The lowest BCUT2D eigenvalue weighted by Gasteiger charge is -2.30. The molecule has 1 aliphatic rings. The van der Waals surface area contributed by atoms with Crippen molar-refractivity contribution >= 4 is 23.3 Å². The molecule has 2 aromatic rings. The molecule has 0 spiro atoms. The van der Waals surface area contributed by atoms with Gasteiger partial charge in [-0.25, -0.2) is 0 Å². The van der Waals surface area contributed by atoms with E-state index < -0.39 is 0 Å². The van der Waals surface area contributed by atoms with Crippen LogP contribution in [-0.4, -0.2) is 16.5 Å². The third-order valence-electron chi connectivity index (χ3n) is 4.07. The summed E-state index contributed by atoms with van der Waals surface area (Å²) in [5.74, 6) is -0.415. The number of benzene rings is 2. The quantitative estimate of drug-likeness (QED) is 0.485. The summed E-state index contributed by atoms with van der Waals surface area (Å²) >= 11 is 0. The van der Waals surface area contributed by atoms with Gasteiger partial charge in [0.25, 0.3) is 0 Å². The molecule has 0 amide bonds. The fourth-order valence-electron chi connectivity index (χ4n) is 3.03. The average molecular weight is 317 g/mol. The molecule has 2 aromatic carbocycles. The third kappa shape index (κ3) is 3.06. The van der Waals surface area contributed by atoms with Crippen molar-refractivity contribution in [1.29, 1.82) is 0 Å². The molecular formula is C21H19NO2. The van der Waals surface area contributed by atoms with Gasteiger partial charge >= 0.3 is 0 Å². The average Bonchev–Trinajstić information content (AvgIpc) is 2.57. The molecule has 24 heavy (non-hydrogen) atoms. The lowest BCUT2D eigenvalue weighted by Crippen LogP contribution is -2.24. The number of rotatable bonds is 4. The van der Waals surface area contributed by atoms with Crippen LogP contribution in [0.5, 0.6) is 0 Å². The number of fused-ring (bicyclic) bond motifs is 1. The maximum atomic E-state index is 12.2. The van der Waals surface area contributed by atoms with Crippen LogP contribution in [0.3, 0.4) is 0 Å². The lowest BCUT2D eigenvalue weighted by molar-refractivity contribution is -0.119. The Balaban J connectivity index is 2.16. The van der Waals surface area contributed by atoms with Crippen molar-refractivity contribution in [2.75, 3.05) is 0 Å². The highest BCUT2D eigenvalue weighted by molar-refractivity contribution is 6.24. The summed E-state index contributed by atoms with van der Waals surface area (Å²) in [6, 6.07) is 17.8.